The molecule has 114 valence electrons. The fourth-order valence-electron chi connectivity index (χ4n) is 1.76. The number of nitrogens with zero attached hydrogens (tertiary/aromatic N) is 2. The molecule has 1 heterocycles. The van der Waals surface area contributed by atoms with E-state index in [0.29, 0.717) is 11.7 Å². The summed E-state index contributed by atoms with van der Waals surface area (Å²) in [5.41, 5.74) is -0.525. The fraction of sp³-hybridized carbons (Fsp3) is 0.786. The molecular weight excluding hydrogens is 258 g/mol. The molecule has 0 radical (unpaired) electrons. The van der Waals surface area contributed by atoms with Crippen LogP contribution in [0.1, 0.15) is 71.1 Å². The number of alkyl carbamates (subject to hydrolysis) is 1. The van der Waals surface area contributed by atoms with Gasteiger partial charge in [0.05, 0.1) is 0 Å². The number of carbonyl (C=O) groups excluding carboxylic acids is 1. The van der Waals surface area contributed by atoms with Gasteiger partial charge in [0.2, 0.25) is 5.89 Å². The van der Waals surface area contributed by atoms with E-state index in [1.807, 2.05) is 20.8 Å². The van der Waals surface area contributed by atoms with Crippen LogP contribution in [0.2, 0.25) is 0 Å². The van der Waals surface area contributed by atoms with E-state index in [1.54, 1.807) is 6.92 Å². The van der Waals surface area contributed by atoms with Gasteiger partial charge >= 0.3 is 6.09 Å². The highest BCUT2D eigenvalue weighted by Gasteiger charge is 2.23. The summed E-state index contributed by atoms with van der Waals surface area (Å²) >= 11 is 0. The molecule has 1 aromatic heterocycles. The van der Waals surface area contributed by atoms with Crippen LogP contribution in [0.5, 0.6) is 0 Å². The minimum absolute atomic E-state index is 0.294. The minimum Gasteiger partial charge on any atom is -0.444 e. The summed E-state index contributed by atoms with van der Waals surface area (Å²) in [5, 5.41) is 6.57. The maximum atomic E-state index is 11.9. The van der Waals surface area contributed by atoms with Crippen LogP contribution < -0.4 is 5.32 Å². The molecular formula is C14H25N3O3. The lowest BCUT2D eigenvalue weighted by atomic mass is 10.1. The molecule has 1 atom stereocenters. The number of hydrogen-bond acceptors (Lipinski definition) is 5. The molecule has 0 aromatic carbocycles. The van der Waals surface area contributed by atoms with Crippen LogP contribution in [-0.2, 0) is 4.74 Å². The smallest absolute Gasteiger partial charge is 0.408 e. The van der Waals surface area contributed by atoms with Crippen LogP contribution in [0.4, 0.5) is 4.79 Å². The summed E-state index contributed by atoms with van der Waals surface area (Å²) in [5.74, 6) is 0.996. The van der Waals surface area contributed by atoms with Crippen LogP contribution >= 0.6 is 0 Å². The molecule has 20 heavy (non-hydrogen) atoms. The molecule has 6 heteroatoms. The van der Waals surface area contributed by atoms with E-state index < -0.39 is 11.7 Å². The van der Waals surface area contributed by atoms with Crippen molar-refractivity contribution in [3.8, 4) is 0 Å². The molecule has 0 aliphatic heterocycles. The van der Waals surface area contributed by atoms with Crippen molar-refractivity contribution in [2.75, 3.05) is 0 Å². The molecule has 0 spiro atoms. The second kappa shape index (κ2) is 7.26. The fourth-order valence-corrected chi connectivity index (χ4v) is 1.76. The number of amides is 1. The van der Waals surface area contributed by atoms with Gasteiger partial charge in [0, 0.05) is 0 Å². The largest absolute Gasteiger partial charge is 0.444 e. The van der Waals surface area contributed by atoms with Crippen LogP contribution in [-0.4, -0.2) is 21.8 Å². The maximum Gasteiger partial charge on any atom is 0.408 e. The van der Waals surface area contributed by atoms with Crippen molar-refractivity contribution in [3.05, 3.63) is 11.7 Å². The van der Waals surface area contributed by atoms with Crippen LogP contribution in [0, 0.1) is 6.92 Å². The zero-order chi connectivity index (χ0) is 15.2. The van der Waals surface area contributed by atoms with E-state index in [9.17, 15) is 4.79 Å². The first-order valence-electron chi connectivity index (χ1n) is 7.11. The molecule has 0 bridgehead atoms. The third-order valence-electron chi connectivity index (χ3n) is 2.63. The first-order chi connectivity index (χ1) is 9.31. The van der Waals surface area contributed by atoms with E-state index in [-0.39, 0.29) is 6.04 Å². The predicted octanol–water partition coefficient (Wildman–Crippen LogP) is 3.52. The Balaban J connectivity index is 2.65. The number of ether oxygens (including phenoxy) is 1. The van der Waals surface area contributed by atoms with Crippen LogP contribution in [0.15, 0.2) is 4.52 Å². The SMILES string of the molecule is CCCCC[C@H](NC(=O)OC(C)(C)C)c1nc(C)no1. The lowest BCUT2D eigenvalue weighted by Crippen LogP contribution is -2.35. The Morgan fingerprint density at radius 2 is 2.10 bits per heavy atom. The van der Waals surface area contributed by atoms with Gasteiger partial charge in [0.15, 0.2) is 5.82 Å². The first-order valence-corrected chi connectivity index (χ1v) is 7.11. The van der Waals surface area contributed by atoms with E-state index in [1.165, 1.54) is 0 Å². The normalized spacial score (nSPS) is 13.1. The number of aryl methyl sites for hydroxylation is 1. The minimum atomic E-state index is -0.525. The monoisotopic (exact) mass is 283 g/mol. The summed E-state index contributed by atoms with van der Waals surface area (Å²) in [4.78, 5) is 16.0. The molecule has 0 saturated heterocycles. The molecule has 0 saturated carbocycles. The van der Waals surface area contributed by atoms with Crippen LogP contribution in [0.25, 0.3) is 0 Å². The van der Waals surface area contributed by atoms with Crippen molar-refractivity contribution in [1.82, 2.24) is 15.5 Å². The standard InChI is InChI=1S/C14H25N3O3/c1-6-7-8-9-11(12-15-10(2)17-20-12)16-13(18)19-14(3,4)5/h11H,6-9H2,1-5H3,(H,16,18)/t11-/m0/s1. The number of hydrogen-bond donors (Lipinski definition) is 1. The van der Waals surface area contributed by atoms with Crippen molar-refractivity contribution in [2.45, 2.75) is 71.9 Å². The Bertz CT molecular complexity index is 424. The van der Waals surface area contributed by atoms with Gasteiger partial charge in [-0.1, -0.05) is 31.3 Å². The van der Waals surface area contributed by atoms with E-state index >= 15 is 0 Å². The summed E-state index contributed by atoms with van der Waals surface area (Å²) < 4.78 is 10.4. The third kappa shape index (κ3) is 6.04. The molecule has 0 unspecified atom stereocenters. The third-order valence-corrected chi connectivity index (χ3v) is 2.63. The summed E-state index contributed by atoms with van der Waals surface area (Å²) in [6.45, 7) is 9.37. The maximum absolute atomic E-state index is 11.9. The molecule has 1 rings (SSSR count). The molecule has 0 aliphatic carbocycles. The number of rotatable bonds is 6. The average molecular weight is 283 g/mol. The van der Waals surface area contributed by atoms with Crippen molar-refractivity contribution in [1.29, 1.82) is 0 Å². The lowest BCUT2D eigenvalue weighted by Gasteiger charge is -2.22. The highest BCUT2D eigenvalue weighted by Crippen LogP contribution is 2.19. The summed E-state index contributed by atoms with van der Waals surface area (Å²) in [6, 6.07) is -0.294. The first kappa shape index (κ1) is 16.5. The zero-order valence-electron chi connectivity index (χ0n) is 13.0. The topological polar surface area (TPSA) is 77.2 Å². The Morgan fingerprint density at radius 1 is 1.40 bits per heavy atom. The van der Waals surface area contributed by atoms with E-state index in [0.717, 1.165) is 25.7 Å². The molecule has 1 amide bonds. The Hall–Kier alpha value is -1.59. The second-order valence-corrected chi connectivity index (χ2v) is 5.87. The Kier molecular flexibility index (Phi) is 5.98. The average Bonchev–Trinajstić information content (AvgIpc) is 2.72. The summed E-state index contributed by atoms with van der Waals surface area (Å²) in [7, 11) is 0. The lowest BCUT2D eigenvalue weighted by molar-refractivity contribution is 0.0490. The van der Waals surface area contributed by atoms with Crippen molar-refractivity contribution < 1.29 is 14.1 Å². The van der Waals surface area contributed by atoms with Gasteiger partial charge in [-0.15, -0.1) is 0 Å². The van der Waals surface area contributed by atoms with Gasteiger partial charge in [0.1, 0.15) is 11.6 Å². The quantitative estimate of drug-likeness (QED) is 0.808. The second-order valence-electron chi connectivity index (χ2n) is 5.87. The molecule has 1 N–H and O–H groups in total. The van der Waals surface area contributed by atoms with E-state index in [4.69, 9.17) is 9.26 Å². The molecule has 0 aliphatic rings. The summed E-state index contributed by atoms with van der Waals surface area (Å²) in [6.07, 6.45) is 3.49. The molecule has 6 nitrogen and oxygen atoms in total. The van der Waals surface area contributed by atoms with Crippen molar-refractivity contribution >= 4 is 6.09 Å². The van der Waals surface area contributed by atoms with Gasteiger partial charge in [-0.2, -0.15) is 4.98 Å². The van der Waals surface area contributed by atoms with E-state index in [2.05, 4.69) is 22.4 Å². The number of carbonyl (C=O) groups is 1. The number of aromatic nitrogens is 2. The van der Waals surface area contributed by atoms with Crippen LogP contribution in [0.3, 0.4) is 0 Å². The predicted molar refractivity (Wildman–Crippen MR) is 75.3 cm³/mol. The highest BCUT2D eigenvalue weighted by molar-refractivity contribution is 5.68. The van der Waals surface area contributed by atoms with Crippen molar-refractivity contribution in [2.24, 2.45) is 0 Å². The van der Waals surface area contributed by atoms with Gasteiger partial charge in [-0.3, -0.25) is 0 Å². The molecule has 0 fully saturated rings. The van der Waals surface area contributed by atoms with Crippen molar-refractivity contribution in [3.63, 3.8) is 0 Å². The van der Waals surface area contributed by atoms with Gasteiger partial charge in [-0.05, 0) is 34.1 Å². The zero-order valence-corrected chi connectivity index (χ0v) is 13.0. The Morgan fingerprint density at radius 3 is 2.60 bits per heavy atom. The van der Waals surface area contributed by atoms with Gasteiger partial charge in [0.25, 0.3) is 0 Å². The van der Waals surface area contributed by atoms with Gasteiger partial charge < -0.3 is 14.6 Å². The number of unbranched alkanes of at least 4 members (excludes halogenated alkanes) is 2. The Labute approximate surface area is 120 Å². The highest BCUT2D eigenvalue weighted by atomic mass is 16.6. The molecule has 1 aromatic rings. The number of nitrogens with one attached hydrogen (secondary N) is 1. The van der Waals surface area contributed by atoms with Gasteiger partial charge in [-0.25, -0.2) is 4.79 Å².